The molecule has 0 amide bonds. The van der Waals surface area contributed by atoms with E-state index in [2.05, 4.69) is 181 Å². The summed E-state index contributed by atoms with van der Waals surface area (Å²) in [6.45, 7) is 0. The summed E-state index contributed by atoms with van der Waals surface area (Å²) in [6, 6.07) is 65.0. The number of nitrogens with zero attached hydrogens (tertiary/aromatic N) is 1. The number of fused-ring (bicyclic) bond motifs is 13. The van der Waals surface area contributed by atoms with Crippen LogP contribution in [0.5, 0.6) is 0 Å². The molecule has 8 aromatic rings. The minimum Gasteiger partial charge on any atom is -0.310 e. The quantitative estimate of drug-likeness (QED) is 0.200. The van der Waals surface area contributed by atoms with Crippen LogP contribution >= 0.6 is 0 Å². The van der Waals surface area contributed by atoms with Gasteiger partial charge in [0.05, 0.1) is 11.1 Å². The van der Waals surface area contributed by atoms with E-state index in [1.807, 2.05) is 0 Å². The topological polar surface area (TPSA) is 3.24 Å². The van der Waals surface area contributed by atoms with Gasteiger partial charge < -0.3 is 4.90 Å². The SMILES string of the molecule is c1ccc(N(c2ccccc2)c2cc3c(c4ccccc24)-c2cc4ccccc4cc2C32c3ccccc3-c3ccccc32)cc1. The third kappa shape index (κ3) is 3.29. The van der Waals surface area contributed by atoms with Gasteiger partial charge in [-0.1, -0.05) is 133 Å². The summed E-state index contributed by atoms with van der Waals surface area (Å²) in [7, 11) is 0. The van der Waals surface area contributed by atoms with E-state index in [-0.39, 0.29) is 0 Å². The molecule has 0 radical (unpaired) electrons. The molecule has 0 saturated heterocycles. The molecule has 8 aromatic carbocycles. The van der Waals surface area contributed by atoms with Gasteiger partial charge >= 0.3 is 0 Å². The lowest BCUT2D eigenvalue weighted by atomic mass is 9.70. The minimum absolute atomic E-state index is 0.445. The lowest BCUT2D eigenvalue weighted by Crippen LogP contribution is -2.26. The third-order valence-corrected chi connectivity index (χ3v) is 10.2. The van der Waals surface area contributed by atoms with Crippen LogP contribution in [0.4, 0.5) is 17.1 Å². The Morgan fingerprint density at radius 1 is 0.348 bits per heavy atom. The first-order chi connectivity index (χ1) is 22.8. The van der Waals surface area contributed by atoms with E-state index in [1.165, 1.54) is 71.7 Å². The van der Waals surface area contributed by atoms with Crippen LogP contribution in [0.15, 0.2) is 176 Å². The van der Waals surface area contributed by atoms with Gasteiger partial charge in [-0.25, -0.2) is 0 Å². The van der Waals surface area contributed by atoms with Crippen molar-refractivity contribution in [3.05, 3.63) is 198 Å². The zero-order chi connectivity index (χ0) is 30.2. The molecule has 0 fully saturated rings. The lowest BCUT2D eigenvalue weighted by Gasteiger charge is -2.33. The van der Waals surface area contributed by atoms with Crippen molar-refractivity contribution in [3.63, 3.8) is 0 Å². The van der Waals surface area contributed by atoms with E-state index in [9.17, 15) is 0 Å². The number of benzene rings is 8. The number of rotatable bonds is 3. The average molecular weight is 584 g/mol. The molecular weight excluding hydrogens is 555 g/mol. The van der Waals surface area contributed by atoms with E-state index < -0.39 is 5.41 Å². The summed E-state index contributed by atoms with van der Waals surface area (Å²) in [4.78, 5) is 2.43. The lowest BCUT2D eigenvalue weighted by molar-refractivity contribution is 0.795. The molecule has 2 aliphatic rings. The van der Waals surface area contributed by atoms with Gasteiger partial charge in [0, 0.05) is 16.8 Å². The first kappa shape index (κ1) is 25.4. The largest absolute Gasteiger partial charge is 0.310 e. The Kier molecular flexibility index (Phi) is 5.27. The van der Waals surface area contributed by atoms with Gasteiger partial charge in [0.2, 0.25) is 0 Å². The highest BCUT2D eigenvalue weighted by molar-refractivity contribution is 6.13. The summed E-state index contributed by atoms with van der Waals surface area (Å²) in [5.74, 6) is 0. The van der Waals surface area contributed by atoms with Crippen LogP contribution in [0.3, 0.4) is 0 Å². The van der Waals surface area contributed by atoms with E-state index in [4.69, 9.17) is 0 Å². The molecule has 0 bridgehead atoms. The highest BCUT2D eigenvalue weighted by Gasteiger charge is 2.52. The first-order valence-corrected chi connectivity index (χ1v) is 16.0. The molecule has 0 heterocycles. The zero-order valence-electron chi connectivity index (χ0n) is 25.2. The van der Waals surface area contributed by atoms with Crippen molar-refractivity contribution in [2.24, 2.45) is 0 Å². The average Bonchev–Trinajstić information content (AvgIpc) is 3.58. The molecule has 0 atom stereocenters. The van der Waals surface area contributed by atoms with Gasteiger partial charge in [-0.05, 0) is 103 Å². The Bertz CT molecular complexity index is 2390. The number of para-hydroxylation sites is 2. The monoisotopic (exact) mass is 583 g/mol. The van der Waals surface area contributed by atoms with Crippen molar-refractivity contribution in [1.29, 1.82) is 0 Å². The van der Waals surface area contributed by atoms with Gasteiger partial charge in [0.1, 0.15) is 0 Å². The molecule has 214 valence electrons. The first-order valence-electron chi connectivity index (χ1n) is 16.0. The minimum atomic E-state index is -0.445. The summed E-state index contributed by atoms with van der Waals surface area (Å²) < 4.78 is 0. The summed E-state index contributed by atoms with van der Waals surface area (Å²) in [5, 5.41) is 5.06. The molecule has 46 heavy (non-hydrogen) atoms. The fourth-order valence-electron chi connectivity index (χ4n) is 8.43. The van der Waals surface area contributed by atoms with Crippen LogP contribution in [0.25, 0.3) is 43.8 Å². The van der Waals surface area contributed by atoms with Crippen LogP contribution in [-0.4, -0.2) is 0 Å². The summed E-state index contributed by atoms with van der Waals surface area (Å²) >= 11 is 0. The van der Waals surface area contributed by atoms with Crippen molar-refractivity contribution >= 4 is 38.6 Å². The van der Waals surface area contributed by atoms with Crippen LogP contribution < -0.4 is 4.90 Å². The molecule has 1 spiro atoms. The van der Waals surface area contributed by atoms with E-state index in [0.717, 1.165) is 11.4 Å². The molecular formula is C45H29N. The second-order valence-corrected chi connectivity index (χ2v) is 12.5. The predicted molar refractivity (Wildman–Crippen MR) is 192 cm³/mol. The molecule has 10 rings (SSSR count). The predicted octanol–water partition coefficient (Wildman–Crippen LogP) is 11.8. The molecule has 0 saturated carbocycles. The maximum atomic E-state index is 2.52. The van der Waals surface area contributed by atoms with Crippen molar-refractivity contribution in [3.8, 4) is 22.3 Å². The molecule has 1 heteroatoms. The number of anilines is 3. The highest BCUT2D eigenvalue weighted by Crippen LogP contribution is 2.65. The van der Waals surface area contributed by atoms with Crippen LogP contribution in [0.2, 0.25) is 0 Å². The van der Waals surface area contributed by atoms with E-state index in [0.29, 0.717) is 0 Å². The molecule has 0 aromatic heterocycles. The van der Waals surface area contributed by atoms with Gasteiger partial charge in [-0.2, -0.15) is 0 Å². The Labute approximate surface area is 268 Å². The van der Waals surface area contributed by atoms with Crippen LogP contribution in [-0.2, 0) is 5.41 Å². The maximum Gasteiger partial charge on any atom is 0.0726 e. The van der Waals surface area contributed by atoms with Gasteiger partial charge in [0.25, 0.3) is 0 Å². The standard InChI is InChI=1S/C45H29N/c1-3-17-32(18-4-1)46(33-19-5-2-6-20-33)43-29-42-44(37-24-10-9-23-36(37)43)38-27-30-15-7-8-16-31(30)28-41(38)45(42)39-25-13-11-21-34(39)35-22-12-14-26-40(35)45/h1-29H. The normalized spacial score (nSPS) is 13.4. The molecule has 0 aliphatic heterocycles. The Balaban J connectivity index is 1.41. The highest BCUT2D eigenvalue weighted by atomic mass is 15.1. The third-order valence-electron chi connectivity index (χ3n) is 10.2. The molecule has 0 N–H and O–H groups in total. The van der Waals surface area contributed by atoms with Crippen LogP contribution in [0, 0.1) is 0 Å². The molecule has 2 aliphatic carbocycles. The Morgan fingerprint density at radius 2 is 0.848 bits per heavy atom. The summed E-state index contributed by atoms with van der Waals surface area (Å²) in [6.07, 6.45) is 0. The Morgan fingerprint density at radius 3 is 1.48 bits per heavy atom. The zero-order valence-corrected chi connectivity index (χ0v) is 25.2. The maximum absolute atomic E-state index is 2.52. The van der Waals surface area contributed by atoms with Crippen molar-refractivity contribution in [1.82, 2.24) is 0 Å². The van der Waals surface area contributed by atoms with Crippen molar-refractivity contribution in [2.75, 3.05) is 4.90 Å². The number of hydrogen-bond acceptors (Lipinski definition) is 1. The van der Waals surface area contributed by atoms with Crippen molar-refractivity contribution in [2.45, 2.75) is 5.41 Å². The second-order valence-electron chi connectivity index (χ2n) is 12.5. The van der Waals surface area contributed by atoms with Crippen LogP contribution in [0.1, 0.15) is 22.3 Å². The summed E-state index contributed by atoms with van der Waals surface area (Å²) in [5.41, 5.74) is 13.8. The Hall–Kier alpha value is -5.92. The fraction of sp³-hybridized carbons (Fsp3) is 0.0222. The van der Waals surface area contributed by atoms with Gasteiger partial charge in [-0.3, -0.25) is 0 Å². The van der Waals surface area contributed by atoms with Crippen molar-refractivity contribution < 1.29 is 0 Å². The van der Waals surface area contributed by atoms with E-state index >= 15 is 0 Å². The van der Waals surface area contributed by atoms with Gasteiger partial charge in [-0.15, -0.1) is 0 Å². The molecule has 1 nitrogen and oxygen atoms in total. The smallest absolute Gasteiger partial charge is 0.0726 e. The number of hydrogen-bond donors (Lipinski definition) is 0. The second kappa shape index (κ2) is 9.54. The van der Waals surface area contributed by atoms with Gasteiger partial charge in [0.15, 0.2) is 0 Å². The van der Waals surface area contributed by atoms with E-state index in [1.54, 1.807) is 0 Å². The fourth-order valence-corrected chi connectivity index (χ4v) is 8.43. The molecule has 0 unspecified atom stereocenters.